The number of fused-ring (bicyclic) bond motifs is 2. The van der Waals surface area contributed by atoms with Crippen LogP contribution in [0.3, 0.4) is 0 Å². The SMILES string of the molecule is CC[C@@H](C)C(NC(=O)[C@@H](CCCNC(=N)NS(=O)(=O)c1c(C)c(C)c2c(c1C)OC(C)(C)C2)NC(=O)[C@@H](CCCNC(=N)NS(=O)(=O)c1c(C)c(C)c2c(c1C)OC(C)(C)C2)NC(=O)[C@@H](Cc1cnnn1CCCCC(N)C(=O)O)NC(=O)OC(C)(C)C)C(=O)N[C@@H](C(=O)NC(CCCCNC(=O)OC(C)(C)C)C(=O)O)C(C)C. The summed E-state index contributed by atoms with van der Waals surface area (Å²) in [5, 5.41) is 69.3. The Morgan fingerprint density at radius 1 is 0.544 bits per heavy atom. The van der Waals surface area contributed by atoms with Gasteiger partial charge in [-0.05, 0) is 209 Å². The molecule has 0 spiro atoms. The van der Waals surface area contributed by atoms with E-state index in [9.17, 15) is 55.8 Å². The maximum Gasteiger partial charge on any atom is 0.408 e. The number of rotatable bonds is 40. The van der Waals surface area contributed by atoms with E-state index < -0.39 is 162 Å². The van der Waals surface area contributed by atoms with E-state index in [2.05, 4.69) is 67.6 Å². The van der Waals surface area contributed by atoms with Crippen LogP contribution in [0.4, 0.5) is 9.59 Å². The molecule has 0 fully saturated rings. The number of sulfonamides is 2. The second-order valence-corrected chi connectivity index (χ2v) is 36.3. The van der Waals surface area contributed by atoms with Crippen molar-refractivity contribution in [3.63, 3.8) is 0 Å². The second-order valence-electron chi connectivity index (χ2n) is 33.0. The van der Waals surface area contributed by atoms with Gasteiger partial charge >= 0.3 is 24.1 Å². The summed E-state index contributed by atoms with van der Waals surface area (Å²) in [5.74, 6) is -9.12. The topological polar surface area (TPSA) is 536 Å². The number of unbranched alkanes of at least 4 members (excludes halogenated alkanes) is 2. The number of alkyl carbamates (subject to hydrolysis) is 2. The first-order valence-electron chi connectivity index (χ1n) is 38.6. The Morgan fingerprint density at radius 2 is 0.965 bits per heavy atom. The van der Waals surface area contributed by atoms with Crippen molar-refractivity contribution in [2.45, 2.75) is 309 Å². The molecule has 7 amide bonds. The van der Waals surface area contributed by atoms with Crippen molar-refractivity contribution in [2.24, 2.45) is 17.6 Å². The van der Waals surface area contributed by atoms with Crippen molar-refractivity contribution in [2.75, 3.05) is 19.6 Å². The molecular formula is C76H123N17O19S2. The number of carboxylic acids is 2. The molecule has 3 heterocycles. The molecule has 1 aromatic heterocycles. The number of amides is 7. The number of aliphatic carboxylic acids is 2. The van der Waals surface area contributed by atoms with E-state index >= 15 is 14.4 Å². The minimum Gasteiger partial charge on any atom is -0.487 e. The predicted molar refractivity (Wildman–Crippen MR) is 425 cm³/mol. The van der Waals surface area contributed by atoms with Crippen molar-refractivity contribution in [3.8, 4) is 11.5 Å². The zero-order chi connectivity index (χ0) is 86.1. The maximum absolute atomic E-state index is 15.4. The highest BCUT2D eigenvalue weighted by atomic mass is 32.2. The van der Waals surface area contributed by atoms with Gasteiger partial charge in [0.1, 0.15) is 76.2 Å². The number of nitrogens with two attached hydrogens (primary N) is 1. The lowest BCUT2D eigenvalue weighted by atomic mass is 9.93. The number of aryl methyl sites for hydroxylation is 1. The minimum absolute atomic E-state index is 0.0603. The molecule has 0 aliphatic carbocycles. The number of carbonyl (C=O) groups is 9. The third kappa shape index (κ3) is 27.6. The predicted octanol–water partition coefficient (Wildman–Crippen LogP) is 5.05. The van der Waals surface area contributed by atoms with E-state index in [1.165, 1.54) is 10.9 Å². The Hall–Kier alpha value is -9.59. The molecule has 17 N–H and O–H groups in total. The highest BCUT2D eigenvalue weighted by Crippen LogP contribution is 2.45. The average molecular weight is 1640 g/mol. The van der Waals surface area contributed by atoms with E-state index in [1.54, 1.807) is 111 Å². The van der Waals surface area contributed by atoms with E-state index in [0.29, 0.717) is 82.7 Å². The quantitative estimate of drug-likeness (QED) is 0.0201. The van der Waals surface area contributed by atoms with Crippen LogP contribution in [0.15, 0.2) is 16.0 Å². The van der Waals surface area contributed by atoms with E-state index in [0.717, 1.165) is 11.1 Å². The number of aromatic nitrogens is 3. The van der Waals surface area contributed by atoms with Crippen LogP contribution < -0.4 is 72.5 Å². The Bertz CT molecular complexity index is 4260. The zero-order valence-electron chi connectivity index (χ0n) is 69.6. The molecule has 0 radical (unpaired) electrons. The van der Waals surface area contributed by atoms with Crippen LogP contribution in [-0.4, -0.2) is 192 Å². The molecule has 0 saturated carbocycles. The van der Waals surface area contributed by atoms with Gasteiger partial charge in [-0.25, -0.2) is 45.3 Å². The van der Waals surface area contributed by atoms with Gasteiger partial charge in [0.2, 0.25) is 41.5 Å². The minimum atomic E-state index is -4.46. The van der Waals surface area contributed by atoms with Crippen molar-refractivity contribution in [3.05, 3.63) is 56.4 Å². The molecule has 2 aromatic carbocycles. The fourth-order valence-corrected chi connectivity index (χ4v) is 16.4. The smallest absolute Gasteiger partial charge is 0.408 e. The maximum atomic E-state index is 15.4. The Kier molecular flexibility index (Phi) is 33.4. The molecule has 114 heavy (non-hydrogen) atoms. The fourth-order valence-electron chi connectivity index (χ4n) is 13.4. The molecule has 638 valence electrons. The molecule has 3 aromatic rings. The summed E-state index contributed by atoms with van der Waals surface area (Å²) in [7, 11) is -8.91. The molecule has 38 heteroatoms. The van der Waals surface area contributed by atoms with Gasteiger partial charge in [0.25, 0.3) is 20.0 Å². The summed E-state index contributed by atoms with van der Waals surface area (Å²) < 4.78 is 86.1. The Morgan fingerprint density at radius 3 is 1.42 bits per heavy atom. The first-order chi connectivity index (χ1) is 52.7. The number of hydrogen-bond donors (Lipinski definition) is 16. The summed E-state index contributed by atoms with van der Waals surface area (Å²) >= 11 is 0. The van der Waals surface area contributed by atoms with E-state index in [1.807, 2.05) is 27.7 Å². The number of carboxylic acid groups (broad SMARTS) is 2. The van der Waals surface area contributed by atoms with Gasteiger partial charge < -0.3 is 82.7 Å². The van der Waals surface area contributed by atoms with Crippen molar-refractivity contribution in [1.29, 1.82) is 10.8 Å². The first-order valence-corrected chi connectivity index (χ1v) is 41.6. The number of guanidine groups is 2. The third-order valence-corrected chi connectivity index (χ3v) is 22.9. The van der Waals surface area contributed by atoms with Crippen LogP contribution in [0.1, 0.15) is 218 Å². The molecular weight excluding hydrogens is 1520 g/mol. The van der Waals surface area contributed by atoms with Gasteiger partial charge in [-0.15, -0.1) is 5.10 Å². The van der Waals surface area contributed by atoms with Gasteiger partial charge in [0.05, 0.1) is 21.7 Å². The normalized spacial score (nSPS) is 15.7. The third-order valence-electron chi connectivity index (χ3n) is 19.6. The van der Waals surface area contributed by atoms with Crippen molar-refractivity contribution >= 4 is 85.6 Å². The standard InChI is InChI=1S/C76H123N17O19S2/c1-21-41(4)57(66(98)88-56(40(2)3)65(97)86-54(68(101)102)29-22-24-32-82-71(103)111-73(11,12)13)89-63(95)53(31-27-34-81-70(79)91-114(107,108)61-45(8)43(6)50-38-76(19,20)110-59(50)47(61)10)84-62(94)52(30-26-33-80-69(78)90-113(105,106)60-44(7)42(5)49-37-75(17,18)109-58(49)46(60)9)85-64(96)55(87-72(104)112-74(14,15)16)36-48-39-83-92-93(48)35-25-23-28-51(77)67(99)100/h39-41,51-57H,21-38,77H2,1-20H3,(H,82,103)(H,84,94)(H,85,96)(H,86,97)(H,87,104)(H,88,98)(H,89,95)(H,99,100)(H,101,102)(H3,78,80,90)(H3,79,81,91)/t41-,51?,52-,53-,54?,55-,56-,57?/m1/s1. The molecule has 0 bridgehead atoms. The second kappa shape index (κ2) is 40.1. The highest BCUT2D eigenvalue weighted by molar-refractivity contribution is 7.90. The van der Waals surface area contributed by atoms with Crippen LogP contribution >= 0.6 is 0 Å². The summed E-state index contributed by atoms with van der Waals surface area (Å²) in [6.07, 6.45) is 1.10. The molecule has 8 atom stereocenters. The van der Waals surface area contributed by atoms with Crippen LogP contribution in [0, 0.1) is 64.2 Å². The van der Waals surface area contributed by atoms with Crippen molar-refractivity contribution < 1.29 is 89.1 Å². The Balaban J connectivity index is 1.51. The average Bonchev–Trinajstić information content (AvgIpc) is 1.53. The fraction of sp³-hybridized carbons (Fsp3) is 0.671. The number of nitrogens with one attached hydrogen (secondary N) is 13. The molecule has 2 aliphatic heterocycles. The zero-order valence-corrected chi connectivity index (χ0v) is 71.2. The molecule has 5 rings (SSSR count). The lowest BCUT2D eigenvalue weighted by Crippen LogP contribution is -2.61. The summed E-state index contributed by atoms with van der Waals surface area (Å²) in [6.45, 7) is 34.0. The van der Waals surface area contributed by atoms with Crippen LogP contribution in [0.2, 0.25) is 0 Å². The molecule has 2 aliphatic rings. The lowest BCUT2D eigenvalue weighted by molar-refractivity contribution is -0.143. The van der Waals surface area contributed by atoms with Crippen molar-refractivity contribution in [1.82, 2.24) is 72.3 Å². The number of hydrogen-bond acceptors (Lipinski definition) is 22. The van der Waals surface area contributed by atoms with Gasteiger partial charge in [-0.2, -0.15) is 0 Å². The van der Waals surface area contributed by atoms with Gasteiger partial charge in [-0.3, -0.25) is 39.6 Å². The highest BCUT2D eigenvalue weighted by Gasteiger charge is 2.41. The summed E-state index contributed by atoms with van der Waals surface area (Å²) in [5.41, 5.74) is 7.76. The van der Waals surface area contributed by atoms with Gasteiger partial charge in [-0.1, -0.05) is 39.3 Å². The van der Waals surface area contributed by atoms with Crippen LogP contribution in [-0.2, 0) is 88.9 Å². The van der Waals surface area contributed by atoms with Crippen LogP contribution in [0.5, 0.6) is 11.5 Å². The number of nitrogens with zero attached hydrogens (tertiary/aromatic N) is 3. The van der Waals surface area contributed by atoms with Gasteiger partial charge in [0.15, 0.2) is 0 Å². The number of benzene rings is 2. The monoisotopic (exact) mass is 1640 g/mol. The first kappa shape index (κ1) is 95.0. The Labute approximate surface area is 669 Å². The largest absolute Gasteiger partial charge is 0.487 e. The lowest BCUT2D eigenvalue weighted by Gasteiger charge is -2.30. The number of ether oxygens (including phenoxy) is 4. The number of carbonyl (C=O) groups excluding carboxylic acids is 7. The van der Waals surface area contributed by atoms with E-state index in [-0.39, 0.29) is 93.8 Å². The van der Waals surface area contributed by atoms with Crippen LogP contribution in [0.25, 0.3) is 0 Å². The summed E-state index contributed by atoms with van der Waals surface area (Å²) in [6, 6.07) is -10.3. The molecule has 0 saturated heterocycles. The molecule has 3 unspecified atom stereocenters. The summed E-state index contributed by atoms with van der Waals surface area (Å²) in [4.78, 5) is 124. The van der Waals surface area contributed by atoms with E-state index in [4.69, 9.17) is 35.5 Å². The molecule has 36 nitrogen and oxygen atoms in total. The van der Waals surface area contributed by atoms with Gasteiger partial charge in [0, 0.05) is 67.7 Å².